The Morgan fingerprint density at radius 3 is 2.67 bits per heavy atom. The summed E-state index contributed by atoms with van der Waals surface area (Å²) in [5, 5.41) is 12.3. The van der Waals surface area contributed by atoms with E-state index in [1.165, 1.54) is 19.2 Å². The molecule has 0 aromatic heterocycles. The maximum Gasteiger partial charge on any atom is 0.352 e. The normalized spacial score (nSPS) is 10.4. The van der Waals surface area contributed by atoms with Crippen LogP contribution in [0.2, 0.25) is 5.02 Å². The van der Waals surface area contributed by atoms with E-state index in [2.05, 4.69) is 9.24 Å². The molecular weight excluding hydrogens is 351 g/mol. The summed E-state index contributed by atoms with van der Waals surface area (Å²) in [7, 11) is 3.96. The Balaban J connectivity index is 2.28. The van der Waals surface area contributed by atoms with E-state index in [-0.39, 0.29) is 17.4 Å². The maximum absolute atomic E-state index is 12.0. The van der Waals surface area contributed by atoms with Crippen LogP contribution in [0.4, 0.5) is 10.5 Å². The van der Waals surface area contributed by atoms with E-state index in [1.54, 1.807) is 18.2 Å². The Bertz CT molecular complexity index is 757. The molecule has 9 heteroatoms. The zero-order valence-corrected chi connectivity index (χ0v) is 14.8. The van der Waals surface area contributed by atoms with Crippen molar-refractivity contribution in [2.75, 3.05) is 12.1 Å². The molecule has 0 bridgehead atoms. The summed E-state index contributed by atoms with van der Waals surface area (Å²) in [6, 6.07) is 9.13. The third-order valence-corrected chi connectivity index (χ3v) is 4.08. The maximum atomic E-state index is 12.0. The minimum absolute atomic E-state index is 0.0456. The first-order chi connectivity index (χ1) is 11.3. The fraction of sp³-hybridized carbons (Fsp3) is 0.133. The van der Waals surface area contributed by atoms with E-state index in [9.17, 15) is 9.90 Å². The van der Waals surface area contributed by atoms with Crippen molar-refractivity contribution in [2.24, 2.45) is 11.7 Å². The smallest absolute Gasteiger partial charge is 0.352 e. The van der Waals surface area contributed by atoms with E-state index >= 15 is 0 Å². The van der Waals surface area contributed by atoms with E-state index < -0.39 is 6.03 Å². The van der Waals surface area contributed by atoms with Crippen LogP contribution in [0.1, 0.15) is 5.56 Å². The second-order valence-corrected chi connectivity index (χ2v) is 6.04. The first-order valence-corrected chi connectivity index (χ1v) is 7.82. The molecule has 1 unspecified atom stereocenters. The highest BCUT2D eigenvalue weighted by atomic mass is 35.5. The minimum atomic E-state index is -0.575. The van der Waals surface area contributed by atoms with Crippen molar-refractivity contribution in [1.29, 1.82) is 0 Å². The van der Waals surface area contributed by atoms with Gasteiger partial charge < -0.3 is 9.84 Å². The van der Waals surface area contributed by atoms with E-state index in [0.717, 1.165) is 15.3 Å². The quantitative estimate of drug-likeness (QED) is 0.330. The number of anilines is 1. The number of hydrogen-bond acceptors (Lipinski definition) is 5. The number of benzene rings is 2. The second kappa shape index (κ2) is 7.68. The Hall–Kier alpha value is -2.05. The number of nitrogens with two attached hydrogens (primary N) is 2. The van der Waals surface area contributed by atoms with Crippen LogP contribution in [0.15, 0.2) is 36.4 Å². The van der Waals surface area contributed by atoms with Gasteiger partial charge in [-0.25, -0.2) is 21.5 Å². The lowest BCUT2D eigenvalue weighted by Gasteiger charge is -2.24. The summed E-state index contributed by atoms with van der Waals surface area (Å²) in [6.07, 6.45) is 0. The summed E-state index contributed by atoms with van der Waals surface area (Å²) in [4.78, 5) is 12.0. The largest absolute Gasteiger partial charge is 0.508 e. The number of urea groups is 1. The number of amides is 2. The fourth-order valence-electron chi connectivity index (χ4n) is 2.00. The van der Waals surface area contributed by atoms with Crippen molar-refractivity contribution < 1.29 is 14.6 Å². The molecule has 128 valence electrons. The summed E-state index contributed by atoms with van der Waals surface area (Å²) >= 11 is 6.03. The van der Waals surface area contributed by atoms with Gasteiger partial charge in [-0.2, -0.15) is 0 Å². The lowest BCUT2D eigenvalue weighted by Crippen LogP contribution is -2.49. The van der Waals surface area contributed by atoms with Crippen LogP contribution in [-0.4, -0.2) is 23.2 Å². The fourth-order valence-corrected chi connectivity index (χ4v) is 2.58. The third kappa shape index (κ3) is 4.07. The second-order valence-electron chi connectivity index (χ2n) is 5.01. The van der Waals surface area contributed by atoms with Crippen molar-refractivity contribution in [3.05, 3.63) is 47.0 Å². The molecule has 0 saturated carbocycles. The lowest BCUT2D eigenvalue weighted by atomic mass is 10.2. The van der Waals surface area contributed by atoms with Gasteiger partial charge in [0, 0.05) is 18.7 Å². The Morgan fingerprint density at radius 1 is 1.33 bits per heavy atom. The summed E-state index contributed by atoms with van der Waals surface area (Å²) in [5.41, 5.74) is 1.14. The topological polar surface area (TPSA) is 105 Å². The van der Waals surface area contributed by atoms with Gasteiger partial charge in [0.05, 0.1) is 10.7 Å². The van der Waals surface area contributed by atoms with Gasteiger partial charge in [-0.1, -0.05) is 23.7 Å². The van der Waals surface area contributed by atoms with Crippen molar-refractivity contribution in [3.63, 3.8) is 0 Å². The highest BCUT2D eigenvalue weighted by Crippen LogP contribution is 2.29. The summed E-state index contributed by atoms with van der Waals surface area (Å²) in [5.74, 6) is 11.8. The van der Waals surface area contributed by atoms with Crippen LogP contribution in [0.3, 0.4) is 0 Å². The number of phenolic OH excluding ortho intramolecular Hbond substituents is 1. The monoisotopic (exact) mass is 368 g/mol. The average Bonchev–Trinajstić information content (AvgIpc) is 2.53. The van der Waals surface area contributed by atoms with Gasteiger partial charge in [0.1, 0.15) is 18.1 Å². The highest BCUT2D eigenvalue weighted by Gasteiger charge is 2.19. The van der Waals surface area contributed by atoms with Crippen LogP contribution in [0, 0.1) is 0 Å². The highest BCUT2D eigenvalue weighted by molar-refractivity contribution is 7.27. The molecule has 2 rings (SSSR count). The Kier molecular flexibility index (Phi) is 5.85. The molecular formula is C15H18ClN4O3P. The Labute approximate surface area is 146 Å². The Morgan fingerprint density at radius 2 is 2.04 bits per heavy atom. The van der Waals surface area contributed by atoms with Crippen LogP contribution >= 0.6 is 20.8 Å². The average molecular weight is 369 g/mol. The molecule has 5 N–H and O–H groups in total. The van der Waals surface area contributed by atoms with Gasteiger partial charge in [-0.05, 0) is 23.5 Å². The van der Waals surface area contributed by atoms with Gasteiger partial charge in [0.15, 0.2) is 0 Å². The molecule has 0 aliphatic rings. The molecule has 7 nitrogen and oxygen atoms in total. The van der Waals surface area contributed by atoms with Crippen molar-refractivity contribution in [3.8, 4) is 11.5 Å². The number of rotatable bonds is 4. The standard InChI is InChI=1S/C15H18ClN4O3P/c1-19(17)15(22)20(18)12-3-2-4-14(24)10(12)8-23-13-6-5-9(21)7-11(13)16/h2-7,21H,8,17-18,24H2,1H3. The van der Waals surface area contributed by atoms with Crippen LogP contribution in [0.25, 0.3) is 0 Å². The zero-order chi connectivity index (χ0) is 17.9. The van der Waals surface area contributed by atoms with Crippen molar-refractivity contribution in [1.82, 2.24) is 5.01 Å². The van der Waals surface area contributed by atoms with Gasteiger partial charge in [0.2, 0.25) is 0 Å². The number of hydrogen-bond donors (Lipinski definition) is 3. The number of aromatic hydroxyl groups is 1. The number of nitrogens with zero attached hydrogens (tertiary/aromatic N) is 2. The molecule has 0 aliphatic heterocycles. The SMILES string of the molecule is CN(N)C(=O)N(N)c1cccc(P)c1COc1ccc(O)cc1Cl. The number of ether oxygens (including phenoxy) is 1. The number of carbonyl (C=O) groups excluding carboxylic acids is 1. The van der Waals surface area contributed by atoms with Crippen LogP contribution in [-0.2, 0) is 6.61 Å². The lowest BCUT2D eigenvalue weighted by molar-refractivity contribution is 0.216. The first-order valence-electron chi connectivity index (χ1n) is 6.87. The summed E-state index contributed by atoms with van der Waals surface area (Å²) in [6.45, 7) is 0.120. The molecule has 2 aromatic carbocycles. The molecule has 0 spiro atoms. The first kappa shape index (κ1) is 18.3. The molecule has 1 atom stereocenters. The zero-order valence-electron chi connectivity index (χ0n) is 12.9. The molecule has 0 saturated heterocycles. The molecule has 2 aromatic rings. The van der Waals surface area contributed by atoms with Crippen molar-refractivity contribution in [2.45, 2.75) is 6.61 Å². The minimum Gasteiger partial charge on any atom is -0.508 e. The van der Waals surface area contributed by atoms with Crippen LogP contribution < -0.4 is 26.7 Å². The molecule has 0 aliphatic carbocycles. The molecule has 0 fully saturated rings. The number of halogens is 1. The van der Waals surface area contributed by atoms with Crippen LogP contribution in [0.5, 0.6) is 11.5 Å². The number of phenols is 1. The molecule has 0 radical (unpaired) electrons. The van der Waals surface area contributed by atoms with Crippen molar-refractivity contribution >= 4 is 37.9 Å². The molecule has 0 heterocycles. The number of hydrazine groups is 2. The van der Waals surface area contributed by atoms with Gasteiger partial charge in [-0.15, -0.1) is 9.24 Å². The predicted octanol–water partition coefficient (Wildman–Crippen LogP) is 1.73. The van der Waals surface area contributed by atoms with Gasteiger partial charge in [-0.3, -0.25) is 5.01 Å². The summed E-state index contributed by atoms with van der Waals surface area (Å²) < 4.78 is 5.69. The van der Waals surface area contributed by atoms with Gasteiger partial charge in [0.25, 0.3) is 0 Å². The third-order valence-electron chi connectivity index (χ3n) is 3.24. The van der Waals surface area contributed by atoms with E-state index in [4.69, 9.17) is 28.0 Å². The van der Waals surface area contributed by atoms with E-state index in [0.29, 0.717) is 17.0 Å². The molecule has 24 heavy (non-hydrogen) atoms. The van der Waals surface area contributed by atoms with Gasteiger partial charge >= 0.3 is 6.03 Å². The predicted molar refractivity (Wildman–Crippen MR) is 97.2 cm³/mol. The molecule has 2 amide bonds. The number of carbonyl (C=O) groups is 1. The van der Waals surface area contributed by atoms with E-state index in [1.807, 2.05) is 6.07 Å².